The Hall–Kier alpha value is -7.62. The molecule has 4 amide bonds. The molecule has 5 aromatic rings. The molecule has 0 unspecified atom stereocenters. The molecule has 0 heterocycles. The molecule has 0 aromatic heterocycles. The molecular weight excluding hydrogens is 738 g/mol. The second-order valence-corrected chi connectivity index (χ2v) is 12.1. The molecule has 5 aromatic carbocycles. The third-order valence-electron chi connectivity index (χ3n) is 7.96. The summed E-state index contributed by atoms with van der Waals surface area (Å²) >= 11 is 0. The van der Waals surface area contributed by atoms with Gasteiger partial charge in [0.2, 0.25) is 0 Å². The molecule has 294 valence electrons. The maximum atomic E-state index is 13.2. The monoisotopic (exact) mass is 777 g/mol. The number of methoxy groups -OCH3 is 1. The van der Waals surface area contributed by atoms with E-state index < -0.39 is 47.4 Å². The first-order chi connectivity index (χ1) is 27.5. The van der Waals surface area contributed by atoms with Gasteiger partial charge in [0.1, 0.15) is 23.0 Å². The summed E-state index contributed by atoms with van der Waals surface area (Å²) < 4.78 is 28.2. The number of hydrogen-bond acceptors (Lipinski definition) is 11. The average molecular weight is 778 g/mol. The van der Waals surface area contributed by atoms with Crippen molar-refractivity contribution in [3.63, 3.8) is 0 Å². The Morgan fingerprint density at radius 2 is 0.877 bits per heavy atom. The molecule has 0 radical (unpaired) electrons. The number of para-hydroxylation sites is 10. The lowest BCUT2D eigenvalue weighted by molar-refractivity contribution is -0.386. The van der Waals surface area contributed by atoms with Crippen LogP contribution in [0.1, 0.15) is 13.8 Å². The summed E-state index contributed by atoms with van der Waals surface area (Å²) in [5.41, 5.74) is 1.00. The van der Waals surface area contributed by atoms with Gasteiger partial charge in [-0.05, 0) is 68.4 Å². The van der Waals surface area contributed by atoms with Crippen molar-refractivity contribution >= 4 is 52.1 Å². The summed E-state index contributed by atoms with van der Waals surface area (Å²) in [6.45, 7) is 2.16. The van der Waals surface area contributed by atoms with Gasteiger partial charge in [0.25, 0.3) is 23.6 Å². The van der Waals surface area contributed by atoms with Crippen molar-refractivity contribution in [2.75, 3.05) is 41.6 Å². The van der Waals surface area contributed by atoms with E-state index in [1.54, 1.807) is 103 Å². The van der Waals surface area contributed by atoms with Gasteiger partial charge >= 0.3 is 5.69 Å². The summed E-state index contributed by atoms with van der Waals surface area (Å²) in [4.78, 5) is 62.5. The molecule has 16 nitrogen and oxygen atoms in total. The van der Waals surface area contributed by atoms with Crippen molar-refractivity contribution in [3.05, 3.63) is 131 Å². The maximum Gasteiger partial charge on any atom is 0.310 e. The predicted octanol–water partition coefficient (Wildman–Crippen LogP) is 6.45. The van der Waals surface area contributed by atoms with Gasteiger partial charge in [-0.15, -0.1) is 0 Å². The third kappa shape index (κ3) is 11.4. The number of amides is 4. The summed E-state index contributed by atoms with van der Waals surface area (Å²) in [6, 6.07) is 32.2. The van der Waals surface area contributed by atoms with Crippen molar-refractivity contribution in [2.45, 2.75) is 26.1 Å². The number of carbonyl (C=O) groups is 4. The first-order valence-electron chi connectivity index (χ1n) is 17.5. The molecule has 0 aliphatic carbocycles. The number of anilines is 4. The van der Waals surface area contributed by atoms with Gasteiger partial charge in [0, 0.05) is 6.07 Å². The van der Waals surface area contributed by atoms with Crippen LogP contribution in [0.25, 0.3) is 0 Å². The smallest absolute Gasteiger partial charge is 0.310 e. The number of nitro benzene ring substituents is 1. The average Bonchev–Trinajstić information content (AvgIpc) is 3.21. The maximum absolute atomic E-state index is 13.2. The summed E-state index contributed by atoms with van der Waals surface area (Å²) in [5.74, 6) is -1.09. The fraction of sp³-hybridized carbons (Fsp3) is 0.171. The van der Waals surface area contributed by atoms with Crippen LogP contribution < -0.4 is 45.0 Å². The minimum Gasteiger partial charge on any atom is -0.495 e. The molecule has 4 N–H and O–H groups in total. The van der Waals surface area contributed by atoms with Crippen LogP contribution in [-0.4, -0.2) is 61.1 Å². The highest BCUT2D eigenvalue weighted by Gasteiger charge is 2.23. The lowest BCUT2D eigenvalue weighted by Crippen LogP contribution is -2.31. The molecule has 0 fully saturated rings. The summed E-state index contributed by atoms with van der Waals surface area (Å²) in [6.07, 6.45) is -2.16. The second kappa shape index (κ2) is 19.6. The Bertz CT molecular complexity index is 2230. The Morgan fingerprint density at radius 1 is 0.526 bits per heavy atom. The van der Waals surface area contributed by atoms with E-state index in [4.69, 9.17) is 23.7 Å². The van der Waals surface area contributed by atoms with E-state index in [1.807, 2.05) is 0 Å². The van der Waals surface area contributed by atoms with Gasteiger partial charge in [-0.1, -0.05) is 60.7 Å². The van der Waals surface area contributed by atoms with Crippen LogP contribution in [0.2, 0.25) is 0 Å². The highest BCUT2D eigenvalue weighted by molar-refractivity contribution is 5.98. The molecule has 0 saturated heterocycles. The number of hydrogen-bond donors (Lipinski definition) is 4. The summed E-state index contributed by atoms with van der Waals surface area (Å²) in [7, 11) is 1.50. The van der Waals surface area contributed by atoms with Crippen molar-refractivity contribution in [1.82, 2.24) is 0 Å². The molecular formula is C41H39N5O11. The standard InChI is InChI=1S/C41H39N5O11/c1-26(40(49)44-29-15-5-10-20-34(29)54-24-38(47)42-28-14-4-9-19-33(28)53-3)56-36-22-12-7-17-31(36)43-39(48)25-55-35-21-11-6-16-30(35)45-41(50)27(2)57-37-23-13-8-18-32(37)46(51)52/h4-23,26-27H,24-25H2,1-3H3,(H,42,47)(H,43,48)(H,44,49)(H,45,50)/t26-,27-/m0/s1. The van der Waals surface area contributed by atoms with Crippen molar-refractivity contribution in [1.29, 1.82) is 0 Å². The molecule has 5 rings (SSSR count). The highest BCUT2D eigenvalue weighted by Crippen LogP contribution is 2.30. The van der Waals surface area contributed by atoms with Crippen LogP contribution in [-0.2, 0) is 19.2 Å². The van der Waals surface area contributed by atoms with Gasteiger partial charge < -0.3 is 45.0 Å². The number of rotatable bonds is 18. The number of nitrogens with one attached hydrogen (secondary N) is 4. The van der Waals surface area contributed by atoms with Crippen molar-refractivity contribution in [3.8, 4) is 28.7 Å². The van der Waals surface area contributed by atoms with Crippen LogP contribution in [0.3, 0.4) is 0 Å². The van der Waals surface area contributed by atoms with Gasteiger partial charge in [-0.2, -0.15) is 0 Å². The normalized spacial score (nSPS) is 11.5. The van der Waals surface area contributed by atoms with E-state index in [1.165, 1.54) is 39.2 Å². The molecule has 16 heteroatoms. The first kappa shape index (κ1) is 40.6. The van der Waals surface area contributed by atoms with E-state index in [0.717, 1.165) is 0 Å². The lowest BCUT2D eigenvalue weighted by atomic mass is 10.2. The minimum absolute atomic E-state index is 0.0647. The fourth-order valence-electron chi connectivity index (χ4n) is 5.14. The molecule has 0 saturated carbocycles. The van der Waals surface area contributed by atoms with Crippen molar-refractivity contribution < 1.29 is 47.8 Å². The lowest BCUT2D eigenvalue weighted by Gasteiger charge is -2.19. The molecule has 2 atom stereocenters. The fourth-order valence-corrected chi connectivity index (χ4v) is 5.14. The van der Waals surface area contributed by atoms with Crippen molar-refractivity contribution in [2.24, 2.45) is 0 Å². The minimum atomic E-state index is -1.12. The molecule has 0 aliphatic heterocycles. The Kier molecular flexibility index (Phi) is 14.0. The Balaban J connectivity index is 1.14. The topological polar surface area (TPSA) is 206 Å². The number of benzene rings is 5. The molecule has 57 heavy (non-hydrogen) atoms. The quantitative estimate of drug-likeness (QED) is 0.0562. The van der Waals surface area contributed by atoms with Crippen LogP contribution in [0.4, 0.5) is 28.4 Å². The van der Waals surface area contributed by atoms with E-state index in [-0.39, 0.29) is 46.7 Å². The van der Waals surface area contributed by atoms with Crippen LogP contribution in [0, 0.1) is 10.1 Å². The number of nitro groups is 1. The second-order valence-electron chi connectivity index (χ2n) is 12.1. The predicted molar refractivity (Wildman–Crippen MR) is 211 cm³/mol. The van der Waals surface area contributed by atoms with Crippen LogP contribution in [0.5, 0.6) is 28.7 Å². The SMILES string of the molecule is COc1ccccc1NC(=O)COc1ccccc1NC(=O)[C@H](C)Oc1ccccc1NC(=O)COc1ccccc1NC(=O)[C@H](C)Oc1ccccc1[N+](=O)[O-]. The van der Waals surface area contributed by atoms with Gasteiger partial charge in [0.15, 0.2) is 31.2 Å². The largest absolute Gasteiger partial charge is 0.495 e. The van der Waals surface area contributed by atoms with E-state index >= 15 is 0 Å². The van der Waals surface area contributed by atoms with Gasteiger partial charge in [-0.3, -0.25) is 29.3 Å². The van der Waals surface area contributed by atoms with Crippen LogP contribution in [0.15, 0.2) is 121 Å². The number of carbonyl (C=O) groups excluding carboxylic acids is 4. The zero-order valence-electron chi connectivity index (χ0n) is 31.1. The molecule has 0 spiro atoms. The summed E-state index contributed by atoms with van der Waals surface area (Å²) in [5, 5.41) is 22.2. The van der Waals surface area contributed by atoms with E-state index in [0.29, 0.717) is 17.1 Å². The molecule has 0 bridgehead atoms. The molecule has 0 aliphatic rings. The van der Waals surface area contributed by atoms with Gasteiger partial charge in [0.05, 0.1) is 34.8 Å². The van der Waals surface area contributed by atoms with Crippen LogP contribution >= 0.6 is 0 Å². The number of nitrogens with zero attached hydrogens (tertiary/aromatic N) is 1. The first-order valence-corrected chi connectivity index (χ1v) is 17.5. The number of ether oxygens (including phenoxy) is 5. The zero-order chi connectivity index (χ0) is 40.7. The zero-order valence-corrected chi connectivity index (χ0v) is 31.1. The Labute approximate surface area is 327 Å². The van der Waals surface area contributed by atoms with E-state index in [9.17, 15) is 29.3 Å². The van der Waals surface area contributed by atoms with Gasteiger partial charge in [-0.25, -0.2) is 0 Å². The van der Waals surface area contributed by atoms with E-state index in [2.05, 4.69) is 21.3 Å². The third-order valence-corrected chi connectivity index (χ3v) is 7.96. The highest BCUT2D eigenvalue weighted by atomic mass is 16.6. The Morgan fingerprint density at radius 3 is 1.33 bits per heavy atom.